The Hall–Kier alpha value is -1.94. The first-order valence-electron chi connectivity index (χ1n) is 8.30. The van der Waals surface area contributed by atoms with Gasteiger partial charge in [0.1, 0.15) is 11.6 Å². The first kappa shape index (κ1) is 15.9. The van der Waals surface area contributed by atoms with E-state index in [4.69, 9.17) is 4.98 Å². The van der Waals surface area contributed by atoms with E-state index in [0.717, 1.165) is 60.9 Å². The van der Waals surface area contributed by atoms with E-state index < -0.39 is 0 Å². The fourth-order valence-electron chi connectivity index (χ4n) is 3.10. The third-order valence-corrected chi connectivity index (χ3v) is 4.80. The summed E-state index contributed by atoms with van der Waals surface area (Å²) >= 11 is 0. The number of rotatable bonds is 3. The third kappa shape index (κ3) is 3.37. The van der Waals surface area contributed by atoms with Gasteiger partial charge in [-0.15, -0.1) is 0 Å². The van der Waals surface area contributed by atoms with Crippen LogP contribution in [0.4, 0.5) is 10.2 Å². The number of benzene rings is 1. The normalized spacial score (nSPS) is 15.9. The highest BCUT2D eigenvalue weighted by Crippen LogP contribution is 2.29. The summed E-state index contributed by atoms with van der Waals surface area (Å²) in [5.41, 5.74) is 4.39. The Bertz CT molecular complexity index is 674. The average Bonchev–Trinajstić information content (AvgIpc) is 2.58. The molecule has 1 fully saturated rings. The number of anilines is 1. The lowest BCUT2D eigenvalue weighted by Gasteiger charge is -2.35. The van der Waals surface area contributed by atoms with E-state index in [9.17, 15) is 4.39 Å². The summed E-state index contributed by atoms with van der Waals surface area (Å²) in [6, 6.07) is 8.87. The molecule has 0 aliphatic carbocycles. The molecule has 0 N–H and O–H groups in total. The number of halogens is 1. The van der Waals surface area contributed by atoms with Crippen molar-refractivity contribution in [2.45, 2.75) is 20.8 Å². The highest BCUT2D eigenvalue weighted by Gasteiger charge is 2.18. The van der Waals surface area contributed by atoms with Crippen LogP contribution in [-0.2, 0) is 0 Å². The Labute approximate surface area is 137 Å². The lowest BCUT2D eigenvalue weighted by molar-refractivity contribution is 0.270. The summed E-state index contributed by atoms with van der Waals surface area (Å²) in [5, 5.41) is 0. The number of likely N-dealkylation sites (N-methyl/N-ethyl adjacent to an activating group) is 1. The van der Waals surface area contributed by atoms with E-state index in [-0.39, 0.29) is 5.82 Å². The molecule has 2 heterocycles. The zero-order valence-corrected chi connectivity index (χ0v) is 14.1. The maximum absolute atomic E-state index is 13.2. The molecule has 0 saturated carbocycles. The second-order valence-electron chi connectivity index (χ2n) is 6.17. The highest BCUT2D eigenvalue weighted by atomic mass is 19.1. The van der Waals surface area contributed by atoms with E-state index in [1.807, 2.05) is 19.1 Å². The number of hydrogen-bond donors (Lipinski definition) is 0. The molecule has 0 bridgehead atoms. The van der Waals surface area contributed by atoms with E-state index in [2.05, 4.69) is 29.7 Å². The van der Waals surface area contributed by atoms with Crippen molar-refractivity contribution in [2.24, 2.45) is 0 Å². The van der Waals surface area contributed by atoms with Crippen LogP contribution in [0.3, 0.4) is 0 Å². The van der Waals surface area contributed by atoms with Gasteiger partial charge in [-0.25, -0.2) is 9.37 Å². The molecule has 3 nitrogen and oxygen atoms in total. The lowest BCUT2D eigenvalue weighted by atomic mass is 10.00. The lowest BCUT2D eigenvalue weighted by Crippen LogP contribution is -2.46. The van der Waals surface area contributed by atoms with Gasteiger partial charge in [0.05, 0.1) is 0 Å². The van der Waals surface area contributed by atoms with Gasteiger partial charge in [0.15, 0.2) is 0 Å². The number of piperazine rings is 1. The molecule has 1 aromatic carbocycles. The number of pyridine rings is 1. The number of aromatic nitrogens is 1. The SMILES string of the molecule is CCN1CCN(c2cc(-c3ccc(F)cc3)c(C)c(C)n2)CC1. The molecule has 1 saturated heterocycles. The predicted molar refractivity (Wildman–Crippen MR) is 93.4 cm³/mol. The van der Waals surface area contributed by atoms with Gasteiger partial charge in [0.2, 0.25) is 0 Å². The molecule has 0 amide bonds. The highest BCUT2D eigenvalue weighted by molar-refractivity contribution is 5.71. The largest absolute Gasteiger partial charge is 0.354 e. The summed E-state index contributed by atoms with van der Waals surface area (Å²) < 4.78 is 13.2. The maximum Gasteiger partial charge on any atom is 0.129 e. The van der Waals surface area contributed by atoms with Gasteiger partial charge in [0.25, 0.3) is 0 Å². The molecular formula is C19H24FN3. The van der Waals surface area contributed by atoms with Crippen LogP contribution in [0, 0.1) is 19.7 Å². The van der Waals surface area contributed by atoms with Gasteiger partial charge < -0.3 is 9.80 Å². The summed E-state index contributed by atoms with van der Waals surface area (Å²) in [5.74, 6) is 0.830. The van der Waals surface area contributed by atoms with Crippen LogP contribution in [0.1, 0.15) is 18.2 Å². The Balaban J connectivity index is 1.92. The molecule has 2 aromatic rings. The van der Waals surface area contributed by atoms with Crippen molar-refractivity contribution in [1.29, 1.82) is 0 Å². The van der Waals surface area contributed by atoms with Crippen molar-refractivity contribution in [3.8, 4) is 11.1 Å². The number of hydrogen-bond acceptors (Lipinski definition) is 3. The monoisotopic (exact) mass is 313 g/mol. The van der Waals surface area contributed by atoms with E-state index in [0.29, 0.717) is 0 Å². The van der Waals surface area contributed by atoms with E-state index >= 15 is 0 Å². The Morgan fingerprint density at radius 3 is 2.30 bits per heavy atom. The van der Waals surface area contributed by atoms with Crippen LogP contribution in [0.5, 0.6) is 0 Å². The Kier molecular flexibility index (Phi) is 4.62. The third-order valence-electron chi connectivity index (χ3n) is 4.80. The van der Waals surface area contributed by atoms with Gasteiger partial charge >= 0.3 is 0 Å². The van der Waals surface area contributed by atoms with Crippen molar-refractivity contribution < 1.29 is 4.39 Å². The molecule has 0 atom stereocenters. The molecule has 0 spiro atoms. The molecule has 23 heavy (non-hydrogen) atoms. The van der Waals surface area contributed by atoms with E-state index in [1.54, 1.807) is 0 Å². The fraction of sp³-hybridized carbons (Fsp3) is 0.421. The topological polar surface area (TPSA) is 19.4 Å². The quantitative estimate of drug-likeness (QED) is 0.862. The van der Waals surface area contributed by atoms with Gasteiger partial charge in [-0.3, -0.25) is 0 Å². The van der Waals surface area contributed by atoms with Crippen molar-refractivity contribution in [2.75, 3.05) is 37.6 Å². The van der Waals surface area contributed by atoms with Crippen LogP contribution >= 0.6 is 0 Å². The van der Waals surface area contributed by atoms with Gasteiger partial charge in [0, 0.05) is 31.9 Å². The minimum atomic E-state index is -0.201. The Morgan fingerprint density at radius 2 is 1.70 bits per heavy atom. The molecule has 3 rings (SSSR count). The van der Waals surface area contributed by atoms with Crippen molar-refractivity contribution in [1.82, 2.24) is 9.88 Å². The van der Waals surface area contributed by atoms with Crippen LogP contribution in [-0.4, -0.2) is 42.6 Å². The first-order chi connectivity index (χ1) is 11.1. The number of nitrogens with zero attached hydrogens (tertiary/aromatic N) is 3. The zero-order valence-electron chi connectivity index (χ0n) is 14.1. The molecule has 122 valence electrons. The molecule has 1 aliphatic heterocycles. The van der Waals surface area contributed by atoms with Crippen LogP contribution < -0.4 is 4.90 Å². The maximum atomic E-state index is 13.2. The molecular weight excluding hydrogens is 289 g/mol. The summed E-state index contributed by atoms with van der Waals surface area (Å²) in [6.07, 6.45) is 0. The predicted octanol–water partition coefficient (Wildman–Crippen LogP) is 3.65. The summed E-state index contributed by atoms with van der Waals surface area (Å²) in [6.45, 7) is 11.6. The molecule has 4 heteroatoms. The van der Waals surface area contributed by atoms with E-state index in [1.165, 1.54) is 12.1 Å². The van der Waals surface area contributed by atoms with Crippen LogP contribution in [0.2, 0.25) is 0 Å². The van der Waals surface area contributed by atoms with Crippen molar-refractivity contribution >= 4 is 5.82 Å². The zero-order chi connectivity index (χ0) is 16.4. The fourth-order valence-corrected chi connectivity index (χ4v) is 3.10. The molecule has 0 radical (unpaired) electrons. The smallest absolute Gasteiger partial charge is 0.129 e. The van der Waals surface area contributed by atoms with Gasteiger partial charge in [-0.1, -0.05) is 19.1 Å². The second-order valence-corrected chi connectivity index (χ2v) is 6.17. The number of aryl methyl sites for hydroxylation is 1. The van der Waals surface area contributed by atoms with Gasteiger partial charge in [-0.2, -0.15) is 0 Å². The Morgan fingerprint density at radius 1 is 1.04 bits per heavy atom. The molecule has 1 aromatic heterocycles. The van der Waals surface area contributed by atoms with Crippen LogP contribution in [0.15, 0.2) is 30.3 Å². The standard InChI is InChI=1S/C19H24FN3/c1-4-22-9-11-23(12-10-22)19-13-18(14(2)15(3)21-19)16-5-7-17(20)8-6-16/h5-8,13H,4,9-12H2,1-3H3. The minimum Gasteiger partial charge on any atom is -0.354 e. The van der Waals surface area contributed by atoms with Crippen molar-refractivity contribution in [3.63, 3.8) is 0 Å². The van der Waals surface area contributed by atoms with Crippen LogP contribution in [0.25, 0.3) is 11.1 Å². The summed E-state index contributed by atoms with van der Waals surface area (Å²) in [4.78, 5) is 9.59. The summed E-state index contributed by atoms with van der Waals surface area (Å²) in [7, 11) is 0. The van der Waals surface area contributed by atoms with Crippen molar-refractivity contribution in [3.05, 3.63) is 47.4 Å². The second kappa shape index (κ2) is 6.67. The molecule has 0 unspecified atom stereocenters. The average molecular weight is 313 g/mol. The van der Waals surface area contributed by atoms with Gasteiger partial charge in [-0.05, 0) is 55.3 Å². The molecule has 1 aliphatic rings. The minimum absolute atomic E-state index is 0.201. The first-order valence-corrected chi connectivity index (χ1v) is 8.30.